The molecular formula is C41H35N5. The molecule has 0 spiro atoms. The van der Waals surface area contributed by atoms with Crippen LogP contribution in [-0.2, 0) is 10.8 Å². The number of rotatable bonds is 5. The third-order valence-electron chi connectivity index (χ3n) is 9.28. The van der Waals surface area contributed by atoms with Gasteiger partial charge in [0.1, 0.15) is 0 Å². The number of aromatic nitrogens is 5. The van der Waals surface area contributed by atoms with Crippen LogP contribution in [0.1, 0.15) is 45.2 Å². The molecule has 0 fully saturated rings. The molecule has 0 atom stereocenters. The fraction of sp³-hybridized carbons (Fsp3) is 0.171. The molecule has 1 aliphatic carbocycles. The number of hydrogen-bond acceptors (Lipinski definition) is 4. The first-order valence-corrected chi connectivity index (χ1v) is 15.9. The van der Waals surface area contributed by atoms with E-state index in [9.17, 15) is 0 Å². The lowest BCUT2D eigenvalue weighted by atomic mass is 9.82. The molecule has 0 saturated carbocycles. The first-order chi connectivity index (χ1) is 22.3. The Morgan fingerprint density at radius 1 is 0.478 bits per heavy atom. The lowest BCUT2D eigenvalue weighted by molar-refractivity contribution is 0.403. The quantitative estimate of drug-likeness (QED) is 0.198. The molecule has 5 nitrogen and oxygen atoms in total. The summed E-state index contributed by atoms with van der Waals surface area (Å²) in [5.41, 5.74) is 10.1. The number of nitrogens with zero attached hydrogens (tertiary/aromatic N) is 5. The van der Waals surface area contributed by atoms with Crippen molar-refractivity contribution in [2.24, 2.45) is 0 Å². The summed E-state index contributed by atoms with van der Waals surface area (Å²) < 4.78 is 2.16. The van der Waals surface area contributed by atoms with Crippen molar-refractivity contribution >= 4 is 11.0 Å². The molecule has 0 bridgehead atoms. The number of imidazole rings is 1. The predicted octanol–water partition coefficient (Wildman–Crippen LogP) is 9.84. The maximum atomic E-state index is 5.15. The molecule has 7 aromatic rings. The van der Waals surface area contributed by atoms with Gasteiger partial charge in [0.2, 0.25) is 0 Å². The monoisotopic (exact) mass is 597 g/mol. The van der Waals surface area contributed by atoms with E-state index in [4.69, 9.17) is 19.9 Å². The highest BCUT2D eigenvalue weighted by atomic mass is 15.1. The van der Waals surface area contributed by atoms with E-state index in [0.29, 0.717) is 23.3 Å². The minimum Gasteiger partial charge on any atom is -0.290 e. The van der Waals surface area contributed by atoms with Gasteiger partial charge in [-0.1, -0.05) is 125 Å². The van der Waals surface area contributed by atoms with E-state index in [1.54, 1.807) is 0 Å². The van der Waals surface area contributed by atoms with Crippen LogP contribution in [0.2, 0.25) is 0 Å². The van der Waals surface area contributed by atoms with Crippen LogP contribution in [0.5, 0.6) is 0 Å². The second-order valence-corrected chi connectivity index (χ2v) is 13.5. The highest BCUT2D eigenvalue weighted by Crippen LogP contribution is 2.50. The first-order valence-electron chi connectivity index (χ1n) is 15.9. The number of benzene rings is 5. The summed E-state index contributed by atoms with van der Waals surface area (Å²) in [6.07, 6.45) is 1.10. The lowest BCUT2D eigenvalue weighted by Gasteiger charge is -2.22. The second kappa shape index (κ2) is 10.6. The number of fused-ring (bicyclic) bond motifs is 2. The van der Waals surface area contributed by atoms with Crippen molar-refractivity contribution in [3.8, 4) is 51.2 Å². The fourth-order valence-corrected chi connectivity index (χ4v) is 7.32. The molecule has 1 aliphatic rings. The van der Waals surface area contributed by atoms with Gasteiger partial charge in [0, 0.05) is 16.8 Å². The Labute approximate surface area is 269 Å². The van der Waals surface area contributed by atoms with Crippen molar-refractivity contribution in [2.45, 2.75) is 44.9 Å². The molecule has 2 heterocycles. The molecule has 2 aromatic heterocycles. The van der Waals surface area contributed by atoms with Gasteiger partial charge in [-0.2, -0.15) is 0 Å². The summed E-state index contributed by atoms with van der Waals surface area (Å²) in [6.45, 7) is 9.35. The van der Waals surface area contributed by atoms with Crippen molar-refractivity contribution < 1.29 is 0 Å². The van der Waals surface area contributed by atoms with Gasteiger partial charge in [0.15, 0.2) is 23.3 Å². The minimum absolute atomic E-state index is 0.0624. The van der Waals surface area contributed by atoms with Gasteiger partial charge in [-0.25, -0.2) is 19.9 Å². The highest BCUT2D eigenvalue weighted by molar-refractivity contribution is 5.83. The summed E-state index contributed by atoms with van der Waals surface area (Å²) in [6, 6.07) is 44.1. The maximum absolute atomic E-state index is 5.15. The van der Waals surface area contributed by atoms with Gasteiger partial charge < -0.3 is 0 Å². The molecule has 0 aliphatic heterocycles. The molecule has 0 radical (unpaired) electrons. The molecule has 0 amide bonds. The fourth-order valence-electron chi connectivity index (χ4n) is 7.32. The van der Waals surface area contributed by atoms with Crippen LogP contribution in [0.25, 0.3) is 62.3 Å². The maximum Gasteiger partial charge on any atom is 0.200 e. The Kier molecular flexibility index (Phi) is 6.47. The predicted molar refractivity (Wildman–Crippen MR) is 187 cm³/mol. The van der Waals surface area contributed by atoms with Crippen LogP contribution in [-0.4, -0.2) is 24.5 Å². The van der Waals surface area contributed by atoms with E-state index in [1.165, 1.54) is 16.7 Å². The third kappa shape index (κ3) is 4.80. The summed E-state index contributed by atoms with van der Waals surface area (Å²) in [4.78, 5) is 20.4. The van der Waals surface area contributed by atoms with Gasteiger partial charge in [0.05, 0.1) is 11.0 Å². The highest BCUT2D eigenvalue weighted by Gasteiger charge is 2.41. The van der Waals surface area contributed by atoms with Crippen LogP contribution < -0.4 is 0 Å². The topological polar surface area (TPSA) is 56.5 Å². The third-order valence-corrected chi connectivity index (χ3v) is 9.28. The Hall–Kier alpha value is -5.42. The molecule has 0 unspecified atom stereocenters. The van der Waals surface area contributed by atoms with Gasteiger partial charge >= 0.3 is 0 Å². The van der Waals surface area contributed by atoms with Crippen LogP contribution in [0, 0.1) is 0 Å². The summed E-state index contributed by atoms with van der Waals surface area (Å²) >= 11 is 0. The molecular weight excluding hydrogens is 562 g/mol. The largest absolute Gasteiger partial charge is 0.290 e. The number of hydrogen-bond donors (Lipinski definition) is 0. The van der Waals surface area contributed by atoms with Crippen LogP contribution in [0.3, 0.4) is 0 Å². The molecule has 46 heavy (non-hydrogen) atoms. The zero-order valence-corrected chi connectivity index (χ0v) is 26.6. The standard InChI is InChI=1S/C41H35N5/c1-40(2)26-41(3,4)33-25-30(21-24-32(33)40)37-43-36(29-15-9-6-10-16-29)44-38(45-37)39-42-34-17-11-12-18-35(34)46(39)31-22-19-28(20-23-31)27-13-7-5-8-14-27/h5-25H,26H2,1-4H3. The molecule has 224 valence electrons. The van der Waals surface area contributed by atoms with E-state index in [1.807, 2.05) is 54.6 Å². The average Bonchev–Trinajstić information content (AvgIpc) is 3.56. The Morgan fingerprint density at radius 3 is 1.74 bits per heavy atom. The molecule has 5 aromatic carbocycles. The normalized spacial score (nSPS) is 14.8. The SMILES string of the molecule is CC1(C)CC(C)(C)c2cc(-c3nc(-c4ccccc4)nc(-c4nc5ccccc5n4-c4ccc(-c5ccccc5)cc4)n3)ccc21. The van der Waals surface area contributed by atoms with Crippen molar-refractivity contribution in [3.05, 3.63) is 139 Å². The average molecular weight is 598 g/mol. The van der Waals surface area contributed by atoms with Gasteiger partial charge in [-0.15, -0.1) is 0 Å². The van der Waals surface area contributed by atoms with E-state index in [-0.39, 0.29) is 10.8 Å². The van der Waals surface area contributed by atoms with Crippen LogP contribution in [0.4, 0.5) is 0 Å². The Morgan fingerprint density at radius 2 is 1.02 bits per heavy atom. The van der Waals surface area contributed by atoms with E-state index in [0.717, 1.165) is 39.8 Å². The van der Waals surface area contributed by atoms with Crippen LogP contribution in [0.15, 0.2) is 127 Å². The second-order valence-electron chi connectivity index (χ2n) is 13.5. The Bertz CT molecular complexity index is 2210. The smallest absolute Gasteiger partial charge is 0.200 e. The number of para-hydroxylation sites is 2. The molecule has 5 heteroatoms. The van der Waals surface area contributed by atoms with Crippen molar-refractivity contribution in [3.63, 3.8) is 0 Å². The molecule has 8 rings (SSSR count). The van der Waals surface area contributed by atoms with Crippen molar-refractivity contribution in [1.29, 1.82) is 0 Å². The lowest BCUT2D eigenvalue weighted by Crippen LogP contribution is -2.17. The summed E-state index contributed by atoms with van der Waals surface area (Å²) in [5, 5.41) is 0. The first kappa shape index (κ1) is 28.1. The zero-order chi connectivity index (χ0) is 31.5. The van der Waals surface area contributed by atoms with E-state index >= 15 is 0 Å². The molecule has 0 N–H and O–H groups in total. The van der Waals surface area contributed by atoms with Crippen molar-refractivity contribution in [2.75, 3.05) is 0 Å². The van der Waals surface area contributed by atoms with Gasteiger partial charge in [-0.3, -0.25) is 4.57 Å². The zero-order valence-electron chi connectivity index (χ0n) is 26.6. The van der Waals surface area contributed by atoms with Gasteiger partial charge in [-0.05, 0) is 69.8 Å². The van der Waals surface area contributed by atoms with Gasteiger partial charge in [0.25, 0.3) is 0 Å². The minimum atomic E-state index is 0.0624. The van der Waals surface area contributed by atoms with Crippen LogP contribution >= 0.6 is 0 Å². The molecule has 0 saturated heterocycles. The van der Waals surface area contributed by atoms with E-state index < -0.39 is 0 Å². The van der Waals surface area contributed by atoms with E-state index in [2.05, 4.69) is 105 Å². The Balaban J connectivity index is 1.33. The summed E-state index contributed by atoms with van der Waals surface area (Å²) in [5.74, 6) is 2.48. The van der Waals surface area contributed by atoms with Crippen molar-refractivity contribution in [1.82, 2.24) is 24.5 Å². The summed E-state index contributed by atoms with van der Waals surface area (Å²) in [7, 11) is 0.